The predicted molar refractivity (Wildman–Crippen MR) is 70.6 cm³/mol. The van der Waals surface area contributed by atoms with Crippen LogP contribution in [0.15, 0.2) is 35.3 Å². The molecule has 1 saturated heterocycles. The van der Waals surface area contributed by atoms with E-state index < -0.39 is 0 Å². The monoisotopic (exact) mass is 275 g/mol. The number of carbonyl (C=O) groups excluding carboxylic acids is 1. The number of hydrogen-bond acceptors (Lipinski definition) is 4. The van der Waals surface area contributed by atoms with Crippen LogP contribution in [-0.4, -0.2) is 22.3 Å². The molecule has 0 saturated carbocycles. The van der Waals surface area contributed by atoms with Gasteiger partial charge in [-0.25, -0.2) is 0 Å². The molecule has 1 fully saturated rings. The number of nitrogens with one attached hydrogen (secondary N) is 1. The lowest BCUT2D eigenvalue weighted by atomic mass is 9.98. The molecule has 2 atom stereocenters. The normalized spacial score (nSPS) is 22.1. The van der Waals surface area contributed by atoms with Gasteiger partial charge in [-0.2, -0.15) is 5.10 Å². The van der Waals surface area contributed by atoms with Crippen LogP contribution in [0, 0.1) is 5.92 Å². The lowest BCUT2D eigenvalue weighted by molar-refractivity contribution is -0.127. The van der Waals surface area contributed by atoms with Gasteiger partial charge in [-0.15, -0.1) is 0 Å². The Bertz CT molecular complexity index is 576. The fourth-order valence-corrected chi connectivity index (χ4v) is 2.53. The maximum atomic E-state index is 12.3. The molecule has 3 rings (SSSR count). The third kappa shape index (κ3) is 2.46. The van der Waals surface area contributed by atoms with E-state index in [1.54, 1.807) is 23.4 Å². The Kier molecular flexibility index (Phi) is 3.56. The number of rotatable bonds is 4. The van der Waals surface area contributed by atoms with Crippen LogP contribution in [0.4, 0.5) is 0 Å². The standard InChI is InChI=1S/C14H17N3O3/c1-17-12(2-5-16-17)13-11(4-7-20-13)14(18)15-8-10-3-6-19-9-10/h2-3,5-6,9,11,13H,4,7-8H2,1H3,(H,15,18)/t11-,13-/m1/s1. The van der Waals surface area contributed by atoms with Crippen molar-refractivity contribution >= 4 is 5.91 Å². The molecule has 1 N–H and O–H groups in total. The van der Waals surface area contributed by atoms with E-state index in [0.29, 0.717) is 13.2 Å². The lowest BCUT2D eigenvalue weighted by Gasteiger charge is -2.18. The Morgan fingerprint density at radius 2 is 2.45 bits per heavy atom. The zero-order chi connectivity index (χ0) is 13.9. The van der Waals surface area contributed by atoms with Gasteiger partial charge >= 0.3 is 0 Å². The zero-order valence-corrected chi connectivity index (χ0v) is 11.3. The minimum Gasteiger partial charge on any atom is -0.472 e. The van der Waals surface area contributed by atoms with Gasteiger partial charge in [0.15, 0.2) is 0 Å². The zero-order valence-electron chi connectivity index (χ0n) is 11.3. The summed E-state index contributed by atoms with van der Waals surface area (Å²) in [6.07, 6.45) is 5.46. The highest BCUT2D eigenvalue weighted by atomic mass is 16.5. The molecule has 1 amide bonds. The van der Waals surface area contributed by atoms with E-state index in [0.717, 1.165) is 17.7 Å². The van der Waals surface area contributed by atoms with Crippen molar-refractivity contribution in [1.29, 1.82) is 0 Å². The molecule has 6 heteroatoms. The molecule has 6 nitrogen and oxygen atoms in total. The Morgan fingerprint density at radius 3 is 3.15 bits per heavy atom. The first-order valence-electron chi connectivity index (χ1n) is 6.64. The second-order valence-electron chi connectivity index (χ2n) is 4.92. The van der Waals surface area contributed by atoms with Gasteiger partial charge in [0.05, 0.1) is 24.1 Å². The molecule has 106 valence electrons. The molecule has 0 radical (unpaired) electrons. The first kappa shape index (κ1) is 12.9. The summed E-state index contributed by atoms with van der Waals surface area (Å²) in [6.45, 7) is 1.07. The second kappa shape index (κ2) is 5.50. The van der Waals surface area contributed by atoms with Crippen molar-refractivity contribution in [3.8, 4) is 0 Å². The van der Waals surface area contributed by atoms with Crippen molar-refractivity contribution in [3.05, 3.63) is 42.1 Å². The SMILES string of the molecule is Cn1nccc1[C@@H]1OCC[C@H]1C(=O)NCc1ccoc1. The molecule has 2 aromatic rings. The molecule has 1 aliphatic heterocycles. The Hall–Kier alpha value is -2.08. The number of carbonyl (C=O) groups is 1. The molecule has 0 aromatic carbocycles. The number of ether oxygens (including phenoxy) is 1. The summed E-state index contributed by atoms with van der Waals surface area (Å²) in [7, 11) is 1.86. The second-order valence-corrected chi connectivity index (χ2v) is 4.92. The van der Waals surface area contributed by atoms with E-state index in [4.69, 9.17) is 9.15 Å². The van der Waals surface area contributed by atoms with Crippen molar-refractivity contribution in [2.75, 3.05) is 6.61 Å². The van der Waals surface area contributed by atoms with Crippen molar-refractivity contribution in [3.63, 3.8) is 0 Å². The van der Waals surface area contributed by atoms with Gasteiger partial charge in [0.2, 0.25) is 5.91 Å². The van der Waals surface area contributed by atoms with Crippen LogP contribution in [0.25, 0.3) is 0 Å². The van der Waals surface area contributed by atoms with Gasteiger partial charge in [-0.3, -0.25) is 9.48 Å². The molecular formula is C14H17N3O3. The molecule has 20 heavy (non-hydrogen) atoms. The van der Waals surface area contributed by atoms with E-state index >= 15 is 0 Å². The highest BCUT2D eigenvalue weighted by Crippen LogP contribution is 2.34. The first-order chi connectivity index (χ1) is 9.75. The van der Waals surface area contributed by atoms with Gasteiger partial charge in [0, 0.05) is 32.0 Å². The van der Waals surface area contributed by atoms with E-state index in [-0.39, 0.29) is 17.9 Å². The first-order valence-corrected chi connectivity index (χ1v) is 6.64. The Morgan fingerprint density at radius 1 is 1.55 bits per heavy atom. The molecular weight excluding hydrogens is 258 g/mol. The number of amides is 1. The van der Waals surface area contributed by atoms with Gasteiger partial charge < -0.3 is 14.5 Å². The van der Waals surface area contributed by atoms with Crippen LogP contribution in [0.3, 0.4) is 0 Å². The number of aryl methyl sites for hydroxylation is 1. The summed E-state index contributed by atoms with van der Waals surface area (Å²) < 4.78 is 12.4. The summed E-state index contributed by atoms with van der Waals surface area (Å²) in [6, 6.07) is 3.73. The van der Waals surface area contributed by atoms with Crippen LogP contribution >= 0.6 is 0 Å². The molecule has 0 bridgehead atoms. The Labute approximate surface area is 116 Å². The maximum Gasteiger partial charge on any atom is 0.226 e. The van der Waals surface area contributed by atoms with Crippen LogP contribution in [-0.2, 0) is 23.1 Å². The molecule has 0 unspecified atom stereocenters. The van der Waals surface area contributed by atoms with E-state index in [9.17, 15) is 4.79 Å². The number of furan rings is 1. The van der Waals surface area contributed by atoms with Crippen LogP contribution in [0.1, 0.15) is 23.8 Å². The van der Waals surface area contributed by atoms with E-state index in [1.165, 1.54) is 0 Å². The van der Waals surface area contributed by atoms with E-state index in [2.05, 4.69) is 10.4 Å². The van der Waals surface area contributed by atoms with Gasteiger partial charge in [0.1, 0.15) is 6.10 Å². The Balaban J connectivity index is 1.66. The highest BCUT2D eigenvalue weighted by Gasteiger charge is 2.36. The molecule has 3 heterocycles. The fraction of sp³-hybridized carbons (Fsp3) is 0.429. The minimum absolute atomic E-state index is 0.00917. The molecule has 0 aliphatic carbocycles. The molecule has 1 aliphatic rings. The smallest absolute Gasteiger partial charge is 0.226 e. The molecule has 0 spiro atoms. The van der Waals surface area contributed by atoms with Crippen LogP contribution < -0.4 is 5.32 Å². The van der Waals surface area contributed by atoms with Gasteiger partial charge in [-0.1, -0.05) is 0 Å². The largest absolute Gasteiger partial charge is 0.472 e. The van der Waals surface area contributed by atoms with Crippen molar-refractivity contribution < 1.29 is 13.9 Å². The number of hydrogen-bond donors (Lipinski definition) is 1. The lowest BCUT2D eigenvalue weighted by Crippen LogP contribution is -2.32. The van der Waals surface area contributed by atoms with Crippen molar-refractivity contribution in [2.24, 2.45) is 13.0 Å². The topological polar surface area (TPSA) is 69.3 Å². The quantitative estimate of drug-likeness (QED) is 0.916. The summed E-state index contributed by atoms with van der Waals surface area (Å²) in [5.74, 6) is -0.160. The van der Waals surface area contributed by atoms with Crippen LogP contribution in [0.5, 0.6) is 0 Å². The van der Waals surface area contributed by atoms with Gasteiger partial charge in [-0.05, 0) is 18.6 Å². The van der Waals surface area contributed by atoms with E-state index in [1.807, 2.05) is 19.2 Å². The van der Waals surface area contributed by atoms with Gasteiger partial charge in [0.25, 0.3) is 0 Å². The third-order valence-corrected chi connectivity index (χ3v) is 3.63. The summed E-state index contributed by atoms with van der Waals surface area (Å²) in [5.41, 5.74) is 1.89. The van der Waals surface area contributed by atoms with Crippen LogP contribution in [0.2, 0.25) is 0 Å². The maximum absolute atomic E-state index is 12.3. The predicted octanol–water partition coefficient (Wildman–Crippen LogP) is 1.41. The van der Waals surface area contributed by atoms with Crippen molar-refractivity contribution in [2.45, 2.75) is 19.1 Å². The average molecular weight is 275 g/mol. The molecule has 2 aromatic heterocycles. The minimum atomic E-state index is -0.216. The fourth-order valence-electron chi connectivity index (χ4n) is 2.53. The summed E-state index contributed by atoms with van der Waals surface area (Å²) >= 11 is 0. The van der Waals surface area contributed by atoms with Crippen molar-refractivity contribution in [1.82, 2.24) is 15.1 Å². The highest BCUT2D eigenvalue weighted by molar-refractivity contribution is 5.79. The average Bonchev–Trinajstić information content (AvgIpc) is 3.16. The number of aromatic nitrogens is 2. The number of nitrogens with zero attached hydrogens (tertiary/aromatic N) is 2. The summed E-state index contributed by atoms with van der Waals surface area (Å²) in [4.78, 5) is 12.3. The summed E-state index contributed by atoms with van der Waals surface area (Å²) in [5, 5.41) is 7.06. The third-order valence-electron chi connectivity index (χ3n) is 3.63.